The number of benzene rings is 1. The maximum absolute atomic E-state index is 12.7. The van der Waals surface area contributed by atoms with Gasteiger partial charge in [-0.3, -0.25) is 9.36 Å². The zero-order chi connectivity index (χ0) is 21.3. The molecule has 1 saturated heterocycles. The van der Waals surface area contributed by atoms with Crippen molar-refractivity contribution in [3.63, 3.8) is 0 Å². The lowest BCUT2D eigenvalue weighted by Crippen LogP contribution is -2.26. The number of aryl methyl sites for hydroxylation is 1. The molecule has 9 nitrogen and oxygen atoms in total. The third-order valence-electron chi connectivity index (χ3n) is 6.76. The first kappa shape index (κ1) is 18.6. The minimum Gasteiger partial charge on any atom is -0.371 e. The van der Waals surface area contributed by atoms with Crippen LogP contribution in [-0.4, -0.2) is 42.3 Å². The Morgan fingerprint density at radius 2 is 2.00 bits per heavy atom. The summed E-state index contributed by atoms with van der Waals surface area (Å²) >= 11 is 6.01. The number of imidazole rings is 1. The highest BCUT2D eigenvalue weighted by molar-refractivity contribution is 6.30. The van der Waals surface area contributed by atoms with Crippen molar-refractivity contribution in [3.05, 3.63) is 64.0 Å². The first-order valence-corrected chi connectivity index (χ1v) is 10.5. The topological polar surface area (TPSA) is 94.9 Å². The Morgan fingerprint density at radius 3 is 2.74 bits per heavy atom. The van der Waals surface area contributed by atoms with Crippen LogP contribution in [0.4, 0.5) is 5.69 Å². The van der Waals surface area contributed by atoms with Crippen molar-refractivity contribution in [1.82, 2.24) is 29.2 Å². The Morgan fingerprint density at radius 1 is 1.23 bits per heavy atom. The molecule has 31 heavy (non-hydrogen) atoms. The van der Waals surface area contributed by atoms with Crippen LogP contribution in [-0.2, 0) is 13.6 Å². The molecule has 4 aromatic rings. The summed E-state index contributed by atoms with van der Waals surface area (Å²) in [7, 11) is 1.77. The van der Waals surface area contributed by atoms with E-state index in [1.807, 2.05) is 12.1 Å². The Labute approximate surface area is 182 Å². The number of hydrogen-bond donors (Lipinski definition) is 0. The van der Waals surface area contributed by atoms with Crippen LogP contribution in [0.3, 0.4) is 0 Å². The number of hydrogen-bond acceptors (Lipinski definition) is 7. The lowest BCUT2D eigenvalue weighted by Gasteiger charge is -2.23. The van der Waals surface area contributed by atoms with E-state index < -0.39 is 0 Å². The SMILES string of the molecule is Cn1cnc2ncn(Cc3nc([C@H]4[C@@H]5CN(c6ccc(Cl)cc6)CC54C)no3)c(=O)c21. The van der Waals surface area contributed by atoms with E-state index in [0.717, 1.165) is 23.9 Å². The monoisotopic (exact) mass is 437 g/mol. The predicted molar refractivity (Wildman–Crippen MR) is 114 cm³/mol. The van der Waals surface area contributed by atoms with Crippen LogP contribution >= 0.6 is 11.6 Å². The summed E-state index contributed by atoms with van der Waals surface area (Å²) in [6.07, 6.45) is 3.05. The lowest BCUT2D eigenvalue weighted by molar-refractivity contribution is 0.362. The predicted octanol–water partition coefficient (Wildman–Crippen LogP) is 2.45. The van der Waals surface area contributed by atoms with Gasteiger partial charge in [-0.25, -0.2) is 9.97 Å². The molecule has 6 rings (SSSR count). The highest BCUT2D eigenvalue weighted by Gasteiger charge is 2.68. The van der Waals surface area contributed by atoms with E-state index in [1.165, 1.54) is 16.6 Å². The Balaban J connectivity index is 1.19. The number of fused-ring (bicyclic) bond motifs is 2. The van der Waals surface area contributed by atoms with Crippen molar-refractivity contribution in [3.8, 4) is 0 Å². The molecule has 0 amide bonds. The molecule has 1 aliphatic carbocycles. The van der Waals surface area contributed by atoms with E-state index in [4.69, 9.17) is 16.1 Å². The molecule has 1 unspecified atom stereocenters. The molecule has 3 atom stereocenters. The largest absolute Gasteiger partial charge is 0.371 e. The van der Waals surface area contributed by atoms with Gasteiger partial charge >= 0.3 is 0 Å². The van der Waals surface area contributed by atoms with Crippen molar-refractivity contribution >= 4 is 28.5 Å². The highest BCUT2D eigenvalue weighted by Crippen LogP contribution is 2.68. The zero-order valence-corrected chi connectivity index (χ0v) is 17.8. The number of rotatable bonds is 4. The fourth-order valence-corrected chi connectivity index (χ4v) is 5.14. The van der Waals surface area contributed by atoms with E-state index in [0.29, 0.717) is 23.0 Å². The van der Waals surface area contributed by atoms with Gasteiger partial charge in [0, 0.05) is 42.2 Å². The number of nitrogens with zero attached hydrogens (tertiary/aromatic N) is 7. The molecule has 4 heterocycles. The summed E-state index contributed by atoms with van der Waals surface area (Å²) in [6.45, 7) is 4.35. The Kier molecular flexibility index (Phi) is 3.83. The fourth-order valence-electron chi connectivity index (χ4n) is 5.02. The maximum Gasteiger partial charge on any atom is 0.280 e. The summed E-state index contributed by atoms with van der Waals surface area (Å²) in [6, 6.07) is 7.96. The molecular formula is C21H20ClN7O2. The highest BCUT2D eigenvalue weighted by atomic mass is 35.5. The van der Waals surface area contributed by atoms with Crippen LogP contribution < -0.4 is 10.5 Å². The summed E-state index contributed by atoms with van der Waals surface area (Å²) in [5.74, 6) is 1.87. The van der Waals surface area contributed by atoms with Crippen LogP contribution in [0.1, 0.15) is 24.6 Å². The molecule has 2 fully saturated rings. The van der Waals surface area contributed by atoms with Crippen LogP contribution in [0, 0.1) is 11.3 Å². The number of piperidine rings is 1. The maximum atomic E-state index is 12.7. The van der Waals surface area contributed by atoms with E-state index >= 15 is 0 Å². The average Bonchev–Trinajstić information content (AvgIpc) is 3.20. The van der Waals surface area contributed by atoms with E-state index in [1.54, 1.807) is 17.9 Å². The van der Waals surface area contributed by atoms with E-state index in [-0.39, 0.29) is 23.4 Å². The van der Waals surface area contributed by atoms with Crippen molar-refractivity contribution < 1.29 is 4.52 Å². The molecule has 10 heteroatoms. The molecule has 0 radical (unpaired) electrons. The van der Waals surface area contributed by atoms with Crippen LogP contribution in [0.5, 0.6) is 0 Å². The van der Waals surface area contributed by atoms with E-state index in [2.05, 4.69) is 44.1 Å². The van der Waals surface area contributed by atoms with Gasteiger partial charge in [0.25, 0.3) is 5.56 Å². The third kappa shape index (κ3) is 2.79. The standard InChI is InChI=1S/C21H20ClN7O2/c1-21-9-28(13-5-3-12(22)4-6-13)7-14(21)16(21)18-25-15(31-26-18)8-29-11-24-19-17(20(29)30)27(2)10-23-19/h3-6,10-11,14,16H,7-9H2,1-2H3/t14-,16+,21?/m0/s1. The molecular weight excluding hydrogens is 418 g/mol. The lowest BCUT2D eigenvalue weighted by atomic mass is 10.1. The molecule has 0 N–H and O–H groups in total. The van der Waals surface area contributed by atoms with Gasteiger partial charge in [0.05, 0.1) is 6.33 Å². The molecule has 0 bridgehead atoms. The first-order chi connectivity index (χ1) is 14.9. The first-order valence-electron chi connectivity index (χ1n) is 10.1. The summed E-state index contributed by atoms with van der Waals surface area (Å²) in [5.41, 5.74) is 2.00. The zero-order valence-electron chi connectivity index (χ0n) is 17.1. The van der Waals surface area contributed by atoms with Crippen molar-refractivity contribution in [2.45, 2.75) is 19.4 Å². The van der Waals surface area contributed by atoms with Crippen LogP contribution in [0.2, 0.25) is 5.02 Å². The van der Waals surface area contributed by atoms with Crippen molar-refractivity contribution in [2.24, 2.45) is 18.4 Å². The van der Waals surface area contributed by atoms with Crippen LogP contribution in [0.15, 0.2) is 46.2 Å². The Hall–Kier alpha value is -3.20. The minimum atomic E-state index is -0.182. The van der Waals surface area contributed by atoms with Gasteiger partial charge in [0.1, 0.15) is 12.9 Å². The third-order valence-corrected chi connectivity index (χ3v) is 7.01. The quantitative estimate of drug-likeness (QED) is 0.484. The van der Waals surface area contributed by atoms with Gasteiger partial charge in [-0.1, -0.05) is 23.7 Å². The minimum absolute atomic E-state index is 0.118. The average molecular weight is 438 g/mol. The van der Waals surface area contributed by atoms with Gasteiger partial charge in [-0.05, 0) is 30.2 Å². The second-order valence-electron chi connectivity index (χ2n) is 8.70. The molecule has 1 saturated carbocycles. The normalized spacial score (nSPS) is 24.7. The molecule has 158 valence electrons. The van der Waals surface area contributed by atoms with Gasteiger partial charge in [-0.15, -0.1) is 0 Å². The van der Waals surface area contributed by atoms with Gasteiger partial charge in [0.2, 0.25) is 5.89 Å². The fraction of sp³-hybridized carbons (Fsp3) is 0.381. The summed E-state index contributed by atoms with van der Waals surface area (Å²) in [4.78, 5) is 28.1. The molecule has 0 spiro atoms. The van der Waals surface area contributed by atoms with E-state index in [9.17, 15) is 4.79 Å². The molecule has 2 aliphatic rings. The molecule has 1 aliphatic heterocycles. The number of anilines is 1. The molecule has 3 aromatic heterocycles. The van der Waals surface area contributed by atoms with Gasteiger partial charge < -0.3 is 14.0 Å². The second kappa shape index (κ2) is 6.40. The second-order valence-corrected chi connectivity index (χ2v) is 9.13. The van der Waals surface area contributed by atoms with Gasteiger partial charge in [0.15, 0.2) is 17.0 Å². The molecule has 1 aromatic carbocycles. The van der Waals surface area contributed by atoms with Crippen LogP contribution in [0.25, 0.3) is 11.2 Å². The van der Waals surface area contributed by atoms with Crippen molar-refractivity contribution in [2.75, 3.05) is 18.0 Å². The number of halogens is 1. The Bertz CT molecular complexity index is 1360. The smallest absolute Gasteiger partial charge is 0.280 e. The summed E-state index contributed by atoms with van der Waals surface area (Å²) < 4.78 is 8.62. The summed E-state index contributed by atoms with van der Waals surface area (Å²) in [5, 5.41) is 4.98. The van der Waals surface area contributed by atoms with Crippen molar-refractivity contribution in [1.29, 1.82) is 0 Å². The van der Waals surface area contributed by atoms with Gasteiger partial charge in [-0.2, -0.15) is 4.98 Å². The number of aromatic nitrogens is 6.